The Hall–Kier alpha value is -0.830. The molecule has 0 amide bonds. The normalized spacial score (nSPS) is 11.4. The highest BCUT2D eigenvalue weighted by atomic mass is 15.3. The monoisotopic (exact) mass is 237 g/mol. The van der Waals surface area contributed by atoms with E-state index in [1.54, 1.807) is 0 Å². The van der Waals surface area contributed by atoms with Crippen molar-refractivity contribution in [2.24, 2.45) is 5.92 Å². The van der Waals surface area contributed by atoms with Crippen molar-refractivity contribution >= 4 is 0 Å². The summed E-state index contributed by atoms with van der Waals surface area (Å²) >= 11 is 0. The van der Waals surface area contributed by atoms with Gasteiger partial charge in [0.2, 0.25) is 0 Å². The third-order valence-corrected chi connectivity index (χ3v) is 2.91. The standard InChI is InChI=1S/C14H27N3/c1-5-6-7-8-17-11-14(13(4)16-17)10-15-9-12(2)3/h11-12,15H,5-10H2,1-4H3. The summed E-state index contributed by atoms with van der Waals surface area (Å²) in [4.78, 5) is 0. The van der Waals surface area contributed by atoms with Gasteiger partial charge in [-0.2, -0.15) is 5.10 Å². The molecule has 0 unspecified atom stereocenters. The molecule has 1 aromatic heterocycles. The molecule has 0 fully saturated rings. The highest BCUT2D eigenvalue weighted by Crippen LogP contribution is 2.07. The van der Waals surface area contributed by atoms with E-state index in [0.717, 1.165) is 25.3 Å². The van der Waals surface area contributed by atoms with E-state index >= 15 is 0 Å². The Labute approximate surface area is 106 Å². The van der Waals surface area contributed by atoms with Crippen LogP contribution in [-0.4, -0.2) is 16.3 Å². The molecule has 1 aromatic rings. The van der Waals surface area contributed by atoms with Gasteiger partial charge in [-0.05, 0) is 25.8 Å². The smallest absolute Gasteiger partial charge is 0.0638 e. The molecule has 0 aromatic carbocycles. The van der Waals surface area contributed by atoms with E-state index in [2.05, 4.69) is 49.0 Å². The van der Waals surface area contributed by atoms with Crippen molar-refractivity contribution in [1.29, 1.82) is 0 Å². The first-order chi connectivity index (χ1) is 8.13. The maximum Gasteiger partial charge on any atom is 0.0638 e. The minimum atomic E-state index is 0.704. The largest absolute Gasteiger partial charge is 0.312 e. The number of hydrogen-bond acceptors (Lipinski definition) is 2. The molecular formula is C14H27N3. The number of hydrogen-bond donors (Lipinski definition) is 1. The summed E-state index contributed by atoms with van der Waals surface area (Å²) in [6, 6.07) is 0. The average molecular weight is 237 g/mol. The molecule has 1 rings (SSSR count). The molecule has 0 radical (unpaired) electrons. The van der Waals surface area contributed by atoms with Crippen LogP contribution >= 0.6 is 0 Å². The molecule has 1 heterocycles. The van der Waals surface area contributed by atoms with Gasteiger partial charge < -0.3 is 5.32 Å². The Kier molecular flexibility index (Phi) is 6.27. The van der Waals surface area contributed by atoms with Crippen molar-refractivity contribution < 1.29 is 0 Å². The van der Waals surface area contributed by atoms with Crippen LogP contribution in [0.15, 0.2) is 6.20 Å². The van der Waals surface area contributed by atoms with Crippen molar-refractivity contribution in [3.63, 3.8) is 0 Å². The number of rotatable bonds is 8. The van der Waals surface area contributed by atoms with Crippen LogP contribution in [0.2, 0.25) is 0 Å². The zero-order chi connectivity index (χ0) is 12.7. The molecule has 0 saturated heterocycles. The number of aromatic nitrogens is 2. The summed E-state index contributed by atoms with van der Waals surface area (Å²) in [5.41, 5.74) is 2.50. The Balaban J connectivity index is 2.39. The first-order valence-electron chi connectivity index (χ1n) is 6.87. The molecule has 0 saturated carbocycles. The third-order valence-electron chi connectivity index (χ3n) is 2.91. The van der Waals surface area contributed by atoms with Crippen LogP contribution in [0.1, 0.15) is 51.3 Å². The lowest BCUT2D eigenvalue weighted by Gasteiger charge is -2.05. The molecule has 0 aliphatic rings. The molecule has 3 nitrogen and oxygen atoms in total. The predicted molar refractivity (Wildman–Crippen MR) is 73.0 cm³/mol. The minimum Gasteiger partial charge on any atom is -0.312 e. The van der Waals surface area contributed by atoms with E-state index in [1.807, 2.05) is 0 Å². The van der Waals surface area contributed by atoms with Crippen LogP contribution in [0.3, 0.4) is 0 Å². The Bertz CT molecular complexity index is 315. The Morgan fingerprint density at radius 3 is 2.76 bits per heavy atom. The van der Waals surface area contributed by atoms with Crippen molar-refractivity contribution in [2.75, 3.05) is 6.54 Å². The summed E-state index contributed by atoms with van der Waals surface area (Å²) in [5.74, 6) is 0.704. The van der Waals surface area contributed by atoms with Crippen molar-refractivity contribution in [3.05, 3.63) is 17.5 Å². The third kappa shape index (κ3) is 5.35. The fourth-order valence-electron chi connectivity index (χ4n) is 1.87. The van der Waals surface area contributed by atoms with E-state index in [4.69, 9.17) is 0 Å². The van der Waals surface area contributed by atoms with E-state index in [0.29, 0.717) is 5.92 Å². The summed E-state index contributed by atoms with van der Waals surface area (Å²) in [7, 11) is 0. The van der Waals surface area contributed by atoms with Gasteiger partial charge in [-0.1, -0.05) is 33.6 Å². The van der Waals surface area contributed by atoms with Gasteiger partial charge in [0.05, 0.1) is 5.69 Å². The molecule has 3 heteroatoms. The molecule has 1 N–H and O–H groups in total. The number of aryl methyl sites for hydroxylation is 2. The summed E-state index contributed by atoms with van der Waals surface area (Å²) in [6.07, 6.45) is 5.98. The number of unbranched alkanes of at least 4 members (excludes halogenated alkanes) is 2. The van der Waals surface area contributed by atoms with E-state index in [9.17, 15) is 0 Å². The highest BCUT2D eigenvalue weighted by molar-refractivity contribution is 5.14. The van der Waals surface area contributed by atoms with Crippen LogP contribution in [-0.2, 0) is 13.1 Å². The lowest BCUT2D eigenvalue weighted by Crippen LogP contribution is -2.19. The predicted octanol–water partition coefficient (Wildman–Crippen LogP) is 3.13. The van der Waals surface area contributed by atoms with Crippen molar-refractivity contribution in [2.45, 2.75) is 60.0 Å². The van der Waals surface area contributed by atoms with E-state index in [1.165, 1.54) is 24.8 Å². The summed E-state index contributed by atoms with van der Waals surface area (Å²) in [5, 5.41) is 8.03. The maximum absolute atomic E-state index is 4.56. The van der Waals surface area contributed by atoms with E-state index < -0.39 is 0 Å². The SMILES string of the molecule is CCCCCn1cc(CNCC(C)C)c(C)n1. The maximum atomic E-state index is 4.56. The van der Waals surface area contributed by atoms with Crippen molar-refractivity contribution in [3.8, 4) is 0 Å². The molecule has 0 aliphatic carbocycles. The van der Waals surface area contributed by atoms with Crippen LogP contribution in [0.25, 0.3) is 0 Å². The summed E-state index contributed by atoms with van der Waals surface area (Å²) in [6.45, 7) is 11.9. The fourth-order valence-corrected chi connectivity index (χ4v) is 1.87. The Morgan fingerprint density at radius 1 is 1.35 bits per heavy atom. The number of nitrogens with one attached hydrogen (secondary N) is 1. The van der Waals surface area contributed by atoms with Gasteiger partial charge in [-0.3, -0.25) is 4.68 Å². The number of nitrogens with zero attached hydrogens (tertiary/aromatic N) is 2. The van der Waals surface area contributed by atoms with Crippen LogP contribution in [0, 0.1) is 12.8 Å². The first kappa shape index (κ1) is 14.2. The van der Waals surface area contributed by atoms with Gasteiger partial charge in [0, 0.05) is 24.8 Å². The zero-order valence-electron chi connectivity index (χ0n) is 11.8. The first-order valence-corrected chi connectivity index (χ1v) is 6.87. The fraction of sp³-hybridized carbons (Fsp3) is 0.786. The van der Waals surface area contributed by atoms with Crippen LogP contribution in [0.4, 0.5) is 0 Å². The Morgan fingerprint density at radius 2 is 2.12 bits per heavy atom. The average Bonchev–Trinajstić information content (AvgIpc) is 2.60. The topological polar surface area (TPSA) is 29.9 Å². The zero-order valence-corrected chi connectivity index (χ0v) is 11.8. The molecular weight excluding hydrogens is 210 g/mol. The molecule has 0 atom stereocenters. The lowest BCUT2D eigenvalue weighted by atomic mass is 10.2. The van der Waals surface area contributed by atoms with Gasteiger partial charge >= 0.3 is 0 Å². The lowest BCUT2D eigenvalue weighted by molar-refractivity contribution is 0.546. The second-order valence-corrected chi connectivity index (χ2v) is 5.23. The van der Waals surface area contributed by atoms with Gasteiger partial charge in [0.15, 0.2) is 0 Å². The van der Waals surface area contributed by atoms with Gasteiger partial charge in [-0.25, -0.2) is 0 Å². The van der Waals surface area contributed by atoms with E-state index in [-0.39, 0.29) is 0 Å². The van der Waals surface area contributed by atoms with Crippen LogP contribution in [0.5, 0.6) is 0 Å². The second-order valence-electron chi connectivity index (χ2n) is 5.23. The molecule has 0 bridgehead atoms. The minimum absolute atomic E-state index is 0.704. The molecule has 98 valence electrons. The second kappa shape index (κ2) is 7.49. The summed E-state index contributed by atoms with van der Waals surface area (Å²) < 4.78 is 2.09. The van der Waals surface area contributed by atoms with Gasteiger partial charge in [0.1, 0.15) is 0 Å². The molecule has 0 spiro atoms. The molecule has 0 aliphatic heterocycles. The highest BCUT2D eigenvalue weighted by Gasteiger charge is 2.04. The van der Waals surface area contributed by atoms with Crippen LogP contribution < -0.4 is 5.32 Å². The van der Waals surface area contributed by atoms with Gasteiger partial charge in [0.25, 0.3) is 0 Å². The van der Waals surface area contributed by atoms with Crippen molar-refractivity contribution in [1.82, 2.24) is 15.1 Å². The molecule has 17 heavy (non-hydrogen) atoms. The van der Waals surface area contributed by atoms with Gasteiger partial charge in [-0.15, -0.1) is 0 Å². The quantitative estimate of drug-likeness (QED) is 0.704.